The van der Waals surface area contributed by atoms with Gasteiger partial charge in [0.2, 0.25) is 23.6 Å². The summed E-state index contributed by atoms with van der Waals surface area (Å²) < 4.78 is 39.3. The molecule has 0 saturated carbocycles. The highest BCUT2D eigenvalue weighted by Gasteiger charge is 2.56. The summed E-state index contributed by atoms with van der Waals surface area (Å²) in [7, 11) is 2.59. The van der Waals surface area contributed by atoms with E-state index in [1.807, 2.05) is 0 Å². The number of aromatic nitrogens is 1. The largest absolute Gasteiger partial charge is 0.507 e. The van der Waals surface area contributed by atoms with Crippen LogP contribution in [0.5, 0.6) is 28.7 Å². The summed E-state index contributed by atoms with van der Waals surface area (Å²) in [4.78, 5) is 114. The van der Waals surface area contributed by atoms with E-state index in [1.54, 1.807) is 0 Å². The summed E-state index contributed by atoms with van der Waals surface area (Å²) in [5.41, 5.74) is -10.0. The topological polar surface area (TPSA) is 349 Å². The molecule has 8 rings (SSSR count). The van der Waals surface area contributed by atoms with Gasteiger partial charge in [-0.25, -0.2) is 14.6 Å². The molecule has 3 aliphatic heterocycles. The van der Waals surface area contributed by atoms with Crippen LogP contribution in [0.1, 0.15) is 98.7 Å². The van der Waals surface area contributed by atoms with Crippen molar-refractivity contribution in [2.75, 3.05) is 26.1 Å². The number of carbonyl (C=O) groups is 6. The molecule has 8 atom stereocenters. The first-order chi connectivity index (χ1) is 33.8. The van der Waals surface area contributed by atoms with Gasteiger partial charge in [-0.2, -0.15) is 0 Å². The number of ether oxygens (including phenoxy) is 6. The van der Waals surface area contributed by atoms with Gasteiger partial charge in [0.1, 0.15) is 34.6 Å². The van der Waals surface area contributed by atoms with Gasteiger partial charge in [-0.3, -0.25) is 34.1 Å². The number of anilines is 1. The molecule has 3 bridgehead atoms. The number of carbonyl (C=O) groups excluding carboxylic acids is 6. The number of Topliss-reactive ketones (excluding diaryl/α,β-unsaturated/α-hetero) is 4. The Morgan fingerprint density at radius 2 is 1.67 bits per heavy atom. The summed E-state index contributed by atoms with van der Waals surface area (Å²) >= 11 is 0. The Bertz CT molecular complexity index is 3210. The first-order valence-corrected chi connectivity index (χ1v) is 22.0. The Hall–Kier alpha value is -8.22. The number of nitrogens with one attached hydrogen (secondary N) is 2. The number of methoxy groups -OCH3 is 2. The third-order valence-electron chi connectivity index (χ3n) is 13.1. The molecule has 0 radical (unpaired) electrons. The lowest BCUT2D eigenvalue weighted by atomic mass is 9.82. The third-order valence-corrected chi connectivity index (χ3v) is 13.1. The quantitative estimate of drug-likeness (QED) is 0.0606. The minimum atomic E-state index is -2.40. The van der Waals surface area contributed by atoms with Crippen LogP contribution in [-0.2, 0) is 23.7 Å². The monoisotopic (exact) mass is 998 g/mol. The Morgan fingerprint density at radius 1 is 0.958 bits per heavy atom. The first-order valence-electron chi connectivity index (χ1n) is 22.0. The van der Waals surface area contributed by atoms with E-state index < -0.39 is 163 Å². The molecule has 1 fully saturated rings. The fourth-order valence-electron chi connectivity index (χ4n) is 9.28. The molecular weight excluding hydrogens is 953 g/mol. The molecule has 1 saturated heterocycles. The Kier molecular flexibility index (Phi) is 12.7. The second-order valence-electron chi connectivity index (χ2n) is 18.1. The maximum Gasteiger partial charge on any atom is 0.364 e. The van der Waals surface area contributed by atoms with Crippen LogP contribution in [0.3, 0.4) is 0 Å². The number of amides is 1. The smallest absolute Gasteiger partial charge is 0.364 e. The summed E-state index contributed by atoms with van der Waals surface area (Å²) in [6, 6.07) is 6.06. The highest BCUT2D eigenvalue weighted by Crippen LogP contribution is 2.42. The van der Waals surface area contributed by atoms with Gasteiger partial charge in [-0.15, -0.1) is 0 Å². The molecule has 2 aromatic carbocycles. The summed E-state index contributed by atoms with van der Waals surface area (Å²) in [6.45, 7) is 7.34. The van der Waals surface area contributed by atoms with Crippen LogP contribution in [0.4, 0.5) is 5.69 Å². The fourth-order valence-corrected chi connectivity index (χ4v) is 9.28. The SMILES string of the molecule is COc1ccc2c(O)c(NC(=O)c3cc(OC4CC(C)([N+](=O)[O-])C(OC)C(C)O4)c(O)c(C(=O)OC4C(C)C=C(C)C(=O)c5c(O)c(C)cc6c5C(=O)C5=C(NCC(C)(O5)C(=O)C4O)C6=O)n3)c(=O)oc2c1. The van der Waals surface area contributed by atoms with E-state index in [-0.39, 0.29) is 39.1 Å². The number of fused-ring (bicyclic) bond motifs is 2. The zero-order valence-electron chi connectivity index (χ0n) is 39.6. The van der Waals surface area contributed by atoms with Crippen LogP contribution >= 0.6 is 0 Å². The predicted molar refractivity (Wildman–Crippen MR) is 244 cm³/mol. The summed E-state index contributed by atoms with van der Waals surface area (Å²) in [5, 5.41) is 63.2. The number of phenols is 1. The second kappa shape index (κ2) is 18.2. The van der Waals surface area contributed by atoms with Crippen LogP contribution in [0, 0.1) is 23.0 Å². The van der Waals surface area contributed by atoms with E-state index in [1.165, 1.54) is 80.0 Å². The molecule has 0 spiro atoms. The molecule has 4 aromatic rings. The number of esters is 1. The van der Waals surface area contributed by atoms with Crippen LogP contribution < -0.4 is 25.7 Å². The predicted octanol–water partition coefficient (Wildman–Crippen LogP) is 3.34. The van der Waals surface area contributed by atoms with E-state index in [0.717, 1.165) is 12.1 Å². The number of rotatable bonds is 9. The summed E-state index contributed by atoms with van der Waals surface area (Å²) in [6.07, 6.45) is -7.53. The van der Waals surface area contributed by atoms with Crippen molar-refractivity contribution in [3.05, 3.63) is 108 Å². The average Bonchev–Trinajstić information content (AvgIpc) is 3.33. The molecule has 24 nitrogen and oxygen atoms in total. The average molecular weight is 999 g/mol. The number of benzene rings is 2. The minimum Gasteiger partial charge on any atom is -0.507 e. The van der Waals surface area contributed by atoms with Gasteiger partial charge in [0, 0.05) is 42.6 Å². The number of aryl methyl sites for hydroxylation is 1. The normalized spacial score (nSPS) is 26.1. The highest BCUT2D eigenvalue weighted by molar-refractivity contribution is 6.31. The molecule has 4 aliphatic rings. The zero-order chi connectivity index (χ0) is 52.6. The van der Waals surface area contributed by atoms with E-state index >= 15 is 0 Å². The van der Waals surface area contributed by atoms with Crippen molar-refractivity contribution in [3.63, 3.8) is 0 Å². The number of nitro groups is 1. The van der Waals surface area contributed by atoms with Gasteiger partial charge in [0.25, 0.3) is 11.4 Å². The lowest BCUT2D eigenvalue weighted by Gasteiger charge is -2.40. The van der Waals surface area contributed by atoms with Crippen molar-refractivity contribution < 1.29 is 87.0 Å². The molecule has 2 aromatic heterocycles. The Morgan fingerprint density at radius 3 is 2.33 bits per heavy atom. The van der Waals surface area contributed by atoms with Crippen molar-refractivity contribution in [1.82, 2.24) is 10.3 Å². The van der Waals surface area contributed by atoms with Crippen molar-refractivity contribution in [2.24, 2.45) is 5.92 Å². The number of allylic oxidation sites excluding steroid dienone is 3. The number of aliphatic hydroxyl groups excluding tert-OH is 1. The van der Waals surface area contributed by atoms with Crippen LogP contribution in [0.25, 0.3) is 11.0 Å². The van der Waals surface area contributed by atoms with Crippen molar-refractivity contribution in [3.8, 4) is 28.7 Å². The van der Waals surface area contributed by atoms with Gasteiger partial charge in [-0.05, 0) is 57.0 Å². The van der Waals surface area contributed by atoms with Crippen LogP contribution in [-0.4, -0.2) is 128 Å². The lowest BCUT2D eigenvalue weighted by Crippen LogP contribution is -2.60. The lowest BCUT2D eigenvalue weighted by molar-refractivity contribution is -0.593. The van der Waals surface area contributed by atoms with E-state index in [4.69, 9.17) is 32.8 Å². The zero-order valence-corrected chi connectivity index (χ0v) is 39.6. The number of phenolic OH excluding ortho intramolecular Hbond substituents is 1. The standard InChI is InChI=1S/C48H46N4O20/c1-17-11-19(3)40(39(59)42(60)48(6)16-49-30-36(56)23-12-18(2)34(54)29(33(17)53)28(23)38(58)41(30)72-48)71-46(63)32-37(57)26(69-27-15-47(5,52(64)65)43(67-8)20(4)68-27)14-24(50-32)44(61)51-31-35(55)22-10-9-21(66-7)13-25(22)70-45(31)62/h9-14,19-20,27,39-40,43,49,54-55,57,59H,15-16H2,1-8H3,(H,51,61). The molecule has 6 N–H and O–H groups in total. The maximum atomic E-state index is 14.5. The molecular formula is C48H46N4O20. The molecule has 72 heavy (non-hydrogen) atoms. The Labute approximate surface area is 406 Å². The van der Waals surface area contributed by atoms with Gasteiger partial charge in [-0.1, -0.05) is 13.0 Å². The molecule has 24 heteroatoms. The molecule has 5 heterocycles. The molecule has 378 valence electrons. The van der Waals surface area contributed by atoms with E-state index in [0.29, 0.717) is 0 Å². The number of hydrogen-bond donors (Lipinski definition) is 6. The third kappa shape index (κ3) is 8.21. The number of aliphatic hydroxyl groups is 1. The first kappa shape index (κ1) is 50.2. The number of pyridine rings is 1. The van der Waals surface area contributed by atoms with E-state index in [2.05, 4.69) is 15.6 Å². The maximum absolute atomic E-state index is 14.5. The minimum absolute atomic E-state index is 0.0464. The van der Waals surface area contributed by atoms with Gasteiger partial charge < -0.3 is 63.9 Å². The number of aromatic hydroxyl groups is 3. The second-order valence-corrected chi connectivity index (χ2v) is 18.1. The Balaban J connectivity index is 1.22. The summed E-state index contributed by atoms with van der Waals surface area (Å²) in [5.74, 6) is -12.1. The molecule has 8 unspecified atom stereocenters. The van der Waals surface area contributed by atoms with Crippen molar-refractivity contribution in [1.29, 1.82) is 0 Å². The molecule has 1 amide bonds. The fraction of sp³-hybridized carbons (Fsp3) is 0.375. The van der Waals surface area contributed by atoms with Gasteiger partial charge >= 0.3 is 11.6 Å². The molecule has 1 aliphatic carbocycles. The van der Waals surface area contributed by atoms with Gasteiger partial charge in [0.15, 0.2) is 58.0 Å². The van der Waals surface area contributed by atoms with Crippen molar-refractivity contribution in [2.45, 2.75) is 89.8 Å². The van der Waals surface area contributed by atoms with Crippen LogP contribution in [0.2, 0.25) is 0 Å². The van der Waals surface area contributed by atoms with Gasteiger partial charge in [0.05, 0.1) is 42.7 Å². The number of hydrogen-bond acceptors (Lipinski definition) is 22. The number of nitrogens with zero attached hydrogens (tertiary/aromatic N) is 2. The highest BCUT2D eigenvalue weighted by atomic mass is 16.7. The van der Waals surface area contributed by atoms with E-state index in [9.17, 15) is 64.1 Å². The van der Waals surface area contributed by atoms with Crippen molar-refractivity contribution >= 4 is 51.7 Å². The van der Waals surface area contributed by atoms with Crippen LogP contribution in [0.15, 0.2) is 62.6 Å². The number of ketones is 4.